The van der Waals surface area contributed by atoms with Crippen LogP contribution in [0.4, 0.5) is 11.4 Å². The largest absolute Gasteiger partial charge is 0.496 e. The van der Waals surface area contributed by atoms with Gasteiger partial charge in [0.15, 0.2) is 0 Å². The molecule has 1 atom stereocenters. The Hall–Kier alpha value is -2.00. The predicted octanol–water partition coefficient (Wildman–Crippen LogP) is 4.13. The summed E-state index contributed by atoms with van der Waals surface area (Å²) in [6.45, 7) is 5.21. The van der Waals surface area contributed by atoms with Gasteiger partial charge in [-0.25, -0.2) is 0 Å². The van der Waals surface area contributed by atoms with Crippen LogP contribution in [0, 0.1) is 0 Å². The summed E-state index contributed by atoms with van der Waals surface area (Å²) >= 11 is 0. The average Bonchev–Trinajstić information content (AvgIpc) is 2.54. The van der Waals surface area contributed by atoms with Crippen LogP contribution in [0.15, 0.2) is 48.5 Å². The van der Waals surface area contributed by atoms with Crippen molar-refractivity contribution in [1.82, 2.24) is 5.32 Å². The molecule has 0 amide bonds. The van der Waals surface area contributed by atoms with E-state index in [4.69, 9.17) is 4.74 Å². The number of methoxy groups -OCH3 is 1. The Kier molecular flexibility index (Phi) is 5.23. The van der Waals surface area contributed by atoms with Crippen LogP contribution in [0.25, 0.3) is 0 Å². The molecule has 0 fully saturated rings. The van der Waals surface area contributed by atoms with Crippen LogP contribution in [-0.2, 0) is 0 Å². The maximum absolute atomic E-state index is 5.57. The Morgan fingerprint density at radius 2 is 1.81 bits per heavy atom. The van der Waals surface area contributed by atoms with E-state index in [0.29, 0.717) is 0 Å². The van der Waals surface area contributed by atoms with E-state index in [1.807, 2.05) is 18.2 Å². The summed E-state index contributed by atoms with van der Waals surface area (Å²) in [5.74, 6) is 0.920. The highest BCUT2D eigenvalue weighted by Crippen LogP contribution is 2.36. The number of benzene rings is 2. The second-order valence-corrected chi connectivity index (χ2v) is 5.07. The lowest BCUT2D eigenvalue weighted by atomic mass is 10.0. The molecule has 0 aromatic heterocycles. The molecule has 2 aromatic rings. The lowest BCUT2D eigenvalue weighted by Gasteiger charge is -2.27. The first kappa shape index (κ1) is 15.4. The van der Waals surface area contributed by atoms with Gasteiger partial charge in [0.05, 0.1) is 7.11 Å². The number of nitrogens with zero attached hydrogens (tertiary/aromatic N) is 1. The molecule has 0 aliphatic carbocycles. The molecule has 0 aliphatic heterocycles. The summed E-state index contributed by atoms with van der Waals surface area (Å²) in [6, 6.07) is 16.8. The van der Waals surface area contributed by atoms with Gasteiger partial charge in [0.25, 0.3) is 0 Å². The smallest absolute Gasteiger partial charge is 0.125 e. The Morgan fingerprint density at radius 1 is 1.10 bits per heavy atom. The van der Waals surface area contributed by atoms with Crippen molar-refractivity contribution in [3.05, 3.63) is 54.1 Å². The van der Waals surface area contributed by atoms with Crippen LogP contribution >= 0.6 is 0 Å². The van der Waals surface area contributed by atoms with Gasteiger partial charge in [-0.05, 0) is 37.7 Å². The SMILES string of the molecule is CCNC(C)c1c(OC)cccc1N(C)c1ccccc1. The van der Waals surface area contributed by atoms with Crippen LogP contribution < -0.4 is 15.0 Å². The van der Waals surface area contributed by atoms with E-state index in [2.05, 4.69) is 61.4 Å². The molecule has 0 bridgehead atoms. The zero-order chi connectivity index (χ0) is 15.2. The molecule has 2 rings (SSSR count). The molecule has 21 heavy (non-hydrogen) atoms. The quantitative estimate of drug-likeness (QED) is 0.863. The lowest BCUT2D eigenvalue weighted by molar-refractivity contribution is 0.402. The fraction of sp³-hybridized carbons (Fsp3) is 0.333. The summed E-state index contributed by atoms with van der Waals surface area (Å²) in [5.41, 5.74) is 3.51. The van der Waals surface area contributed by atoms with Gasteiger partial charge in [0.1, 0.15) is 5.75 Å². The Labute approximate surface area is 127 Å². The number of hydrogen-bond donors (Lipinski definition) is 1. The summed E-state index contributed by atoms with van der Waals surface area (Å²) in [7, 11) is 3.82. The number of anilines is 2. The molecule has 112 valence electrons. The predicted molar refractivity (Wildman–Crippen MR) is 89.6 cm³/mol. The molecular formula is C18H24N2O. The molecule has 0 aliphatic rings. The Balaban J connectivity index is 2.47. The van der Waals surface area contributed by atoms with Crippen molar-refractivity contribution in [1.29, 1.82) is 0 Å². The molecule has 0 saturated heterocycles. The van der Waals surface area contributed by atoms with E-state index in [1.54, 1.807) is 7.11 Å². The first-order valence-electron chi connectivity index (χ1n) is 7.38. The third kappa shape index (κ3) is 3.37. The monoisotopic (exact) mass is 284 g/mol. The minimum absolute atomic E-state index is 0.229. The highest BCUT2D eigenvalue weighted by Gasteiger charge is 2.18. The third-order valence-electron chi connectivity index (χ3n) is 3.71. The minimum atomic E-state index is 0.229. The van der Waals surface area contributed by atoms with E-state index in [0.717, 1.165) is 23.7 Å². The van der Waals surface area contributed by atoms with Crippen molar-refractivity contribution in [3.8, 4) is 5.75 Å². The van der Waals surface area contributed by atoms with Gasteiger partial charge >= 0.3 is 0 Å². The number of hydrogen-bond acceptors (Lipinski definition) is 3. The summed E-state index contributed by atoms with van der Waals surface area (Å²) in [5, 5.41) is 3.48. The van der Waals surface area contributed by atoms with E-state index < -0.39 is 0 Å². The fourth-order valence-corrected chi connectivity index (χ4v) is 2.64. The molecule has 3 nitrogen and oxygen atoms in total. The van der Waals surface area contributed by atoms with Gasteiger partial charge < -0.3 is 15.0 Å². The zero-order valence-corrected chi connectivity index (χ0v) is 13.3. The number of ether oxygens (including phenoxy) is 1. The molecule has 0 heterocycles. The maximum Gasteiger partial charge on any atom is 0.125 e. The van der Waals surface area contributed by atoms with Crippen LogP contribution in [0.2, 0.25) is 0 Å². The maximum atomic E-state index is 5.57. The average molecular weight is 284 g/mol. The molecule has 0 spiro atoms. The third-order valence-corrected chi connectivity index (χ3v) is 3.71. The first-order chi connectivity index (χ1) is 10.2. The normalized spacial score (nSPS) is 12.0. The number of rotatable bonds is 6. The number of para-hydroxylation sites is 1. The van der Waals surface area contributed by atoms with Crippen LogP contribution in [0.1, 0.15) is 25.5 Å². The van der Waals surface area contributed by atoms with Crippen molar-refractivity contribution in [2.24, 2.45) is 0 Å². The van der Waals surface area contributed by atoms with Crippen molar-refractivity contribution in [2.75, 3.05) is 25.6 Å². The van der Waals surface area contributed by atoms with Crippen molar-refractivity contribution in [2.45, 2.75) is 19.9 Å². The van der Waals surface area contributed by atoms with Gasteiger partial charge in [0.2, 0.25) is 0 Å². The molecule has 1 unspecified atom stereocenters. The molecule has 2 aromatic carbocycles. The second-order valence-electron chi connectivity index (χ2n) is 5.07. The minimum Gasteiger partial charge on any atom is -0.496 e. The molecular weight excluding hydrogens is 260 g/mol. The highest BCUT2D eigenvalue weighted by atomic mass is 16.5. The van der Waals surface area contributed by atoms with E-state index in [1.165, 1.54) is 5.56 Å². The second kappa shape index (κ2) is 7.14. The van der Waals surface area contributed by atoms with Crippen LogP contribution in [0.3, 0.4) is 0 Å². The van der Waals surface area contributed by atoms with E-state index >= 15 is 0 Å². The van der Waals surface area contributed by atoms with Crippen LogP contribution in [-0.4, -0.2) is 20.7 Å². The first-order valence-corrected chi connectivity index (χ1v) is 7.38. The standard InChI is InChI=1S/C18H24N2O/c1-5-19-14(2)18-16(12-9-13-17(18)21-4)20(3)15-10-7-6-8-11-15/h6-14,19H,5H2,1-4H3. The Bertz CT molecular complexity index is 569. The summed E-state index contributed by atoms with van der Waals surface area (Å²) in [4.78, 5) is 2.20. The zero-order valence-electron chi connectivity index (χ0n) is 13.3. The molecule has 0 radical (unpaired) electrons. The number of nitrogens with one attached hydrogen (secondary N) is 1. The summed E-state index contributed by atoms with van der Waals surface area (Å²) in [6.07, 6.45) is 0. The molecule has 1 N–H and O–H groups in total. The fourth-order valence-electron chi connectivity index (χ4n) is 2.64. The molecule has 3 heteroatoms. The highest BCUT2D eigenvalue weighted by molar-refractivity contribution is 5.69. The van der Waals surface area contributed by atoms with E-state index in [-0.39, 0.29) is 6.04 Å². The summed E-state index contributed by atoms with van der Waals surface area (Å²) < 4.78 is 5.57. The molecule has 0 saturated carbocycles. The van der Waals surface area contributed by atoms with Gasteiger partial charge in [0, 0.05) is 30.0 Å². The van der Waals surface area contributed by atoms with Crippen LogP contribution in [0.5, 0.6) is 5.75 Å². The van der Waals surface area contributed by atoms with Crippen molar-refractivity contribution >= 4 is 11.4 Å². The van der Waals surface area contributed by atoms with E-state index in [9.17, 15) is 0 Å². The van der Waals surface area contributed by atoms with Crippen molar-refractivity contribution in [3.63, 3.8) is 0 Å². The topological polar surface area (TPSA) is 24.5 Å². The lowest BCUT2D eigenvalue weighted by Crippen LogP contribution is -2.22. The van der Waals surface area contributed by atoms with Gasteiger partial charge in [-0.1, -0.05) is 31.2 Å². The van der Waals surface area contributed by atoms with Crippen molar-refractivity contribution < 1.29 is 4.74 Å². The van der Waals surface area contributed by atoms with Gasteiger partial charge in [-0.3, -0.25) is 0 Å². The van der Waals surface area contributed by atoms with Gasteiger partial charge in [-0.15, -0.1) is 0 Å². The van der Waals surface area contributed by atoms with Gasteiger partial charge in [-0.2, -0.15) is 0 Å². The Morgan fingerprint density at radius 3 is 2.43 bits per heavy atom.